The van der Waals surface area contributed by atoms with Crippen molar-refractivity contribution < 1.29 is 0 Å². The normalized spacial score (nSPS) is 12.6. The van der Waals surface area contributed by atoms with Crippen LogP contribution in [0.1, 0.15) is 24.3 Å². The fourth-order valence-electron chi connectivity index (χ4n) is 1.45. The van der Waals surface area contributed by atoms with E-state index in [-0.39, 0.29) is 5.38 Å². The van der Waals surface area contributed by atoms with Crippen LogP contribution in [-0.2, 0) is 0 Å². The molecule has 0 aliphatic heterocycles. The Morgan fingerprint density at radius 3 is 2.75 bits per heavy atom. The van der Waals surface area contributed by atoms with Gasteiger partial charge in [0, 0.05) is 6.54 Å². The Labute approximate surface area is 108 Å². The number of rotatable bonds is 8. The molecule has 0 bridgehead atoms. The SMILES string of the molecule is CCSCCCNCC(Cl)c1ccccc1. The summed E-state index contributed by atoms with van der Waals surface area (Å²) < 4.78 is 0. The van der Waals surface area contributed by atoms with E-state index in [2.05, 4.69) is 24.4 Å². The lowest BCUT2D eigenvalue weighted by atomic mass is 10.1. The molecule has 0 spiro atoms. The molecule has 1 N–H and O–H groups in total. The Bertz CT molecular complexity index is 266. The van der Waals surface area contributed by atoms with Crippen molar-refractivity contribution in [3.63, 3.8) is 0 Å². The van der Waals surface area contributed by atoms with Crippen molar-refractivity contribution in [2.75, 3.05) is 24.6 Å². The molecule has 0 heterocycles. The third-order valence-electron chi connectivity index (χ3n) is 2.33. The van der Waals surface area contributed by atoms with Gasteiger partial charge in [0.05, 0.1) is 5.38 Å². The molecule has 0 saturated heterocycles. The Hall–Kier alpha value is -0.180. The van der Waals surface area contributed by atoms with Gasteiger partial charge >= 0.3 is 0 Å². The van der Waals surface area contributed by atoms with Crippen LogP contribution in [0.5, 0.6) is 0 Å². The Kier molecular flexibility index (Phi) is 7.73. The maximum Gasteiger partial charge on any atom is 0.0709 e. The first-order chi connectivity index (χ1) is 7.84. The van der Waals surface area contributed by atoms with Gasteiger partial charge in [-0.3, -0.25) is 0 Å². The van der Waals surface area contributed by atoms with Gasteiger partial charge in [0.25, 0.3) is 0 Å². The molecule has 0 amide bonds. The minimum atomic E-state index is 0.0834. The van der Waals surface area contributed by atoms with Gasteiger partial charge in [0.2, 0.25) is 0 Å². The quantitative estimate of drug-likeness (QED) is 0.563. The third-order valence-corrected chi connectivity index (χ3v) is 3.72. The molecule has 1 unspecified atom stereocenters. The second kappa shape index (κ2) is 8.91. The number of thioether (sulfide) groups is 1. The van der Waals surface area contributed by atoms with Crippen molar-refractivity contribution in [2.45, 2.75) is 18.7 Å². The van der Waals surface area contributed by atoms with E-state index in [1.807, 2.05) is 30.0 Å². The topological polar surface area (TPSA) is 12.0 Å². The van der Waals surface area contributed by atoms with Crippen LogP contribution < -0.4 is 5.32 Å². The lowest BCUT2D eigenvalue weighted by Crippen LogP contribution is -2.20. The maximum atomic E-state index is 6.28. The maximum absolute atomic E-state index is 6.28. The Morgan fingerprint density at radius 1 is 1.31 bits per heavy atom. The molecule has 0 fully saturated rings. The molecular weight excluding hydrogens is 238 g/mol. The van der Waals surface area contributed by atoms with E-state index in [0.29, 0.717) is 0 Å². The van der Waals surface area contributed by atoms with Gasteiger partial charge in [-0.05, 0) is 30.0 Å². The highest BCUT2D eigenvalue weighted by Crippen LogP contribution is 2.18. The van der Waals surface area contributed by atoms with Crippen LogP contribution in [0, 0.1) is 0 Å². The van der Waals surface area contributed by atoms with Crippen LogP contribution >= 0.6 is 23.4 Å². The van der Waals surface area contributed by atoms with E-state index >= 15 is 0 Å². The summed E-state index contributed by atoms with van der Waals surface area (Å²) in [4.78, 5) is 0. The average molecular weight is 258 g/mol. The first kappa shape index (κ1) is 13.9. The van der Waals surface area contributed by atoms with Gasteiger partial charge in [-0.2, -0.15) is 11.8 Å². The third kappa shape index (κ3) is 5.78. The first-order valence-corrected chi connectivity index (χ1v) is 7.41. The van der Waals surface area contributed by atoms with E-state index < -0.39 is 0 Å². The molecule has 0 aliphatic carbocycles. The second-order valence-electron chi connectivity index (χ2n) is 3.63. The Morgan fingerprint density at radius 2 is 2.06 bits per heavy atom. The zero-order valence-electron chi connectivity index (χ0n) is 9.79. The number of alkyl halides is 1. The highest BCUT2D eigenvalue weighted by atomic mass is 35.5. The monoisotopic (exact) mass is 257 g/mol. The molecule has 90 valence electrons. The number of halogens is 1. The standard InChI is InChI=1S/C13H20ClNS/c1-2-16-10-6-9-15-11-13(14)12-7-4-3-5-8-12/h3-5,7-8,13,15H,2,6,9-11H2,1H3. The van der Waals surface area contributed by atoms with Crippen molar-refractivity contribution >= 4 is 23.4 Å². The molecule has 0 saturated carbocycles. The summed E-state index contributed by atoms with van der Waals surface area (Å²) >= 11 is 8.27. The predicted octanol–water partition coefficient (Wildman–Crippen LogP) is 3.70. The Balaban J connectivity index is 2.09. The number of hydrogen-bond donors (Lipinski definition) is 1. The van der Waals surface area contributed by atoms with E-state index in [1.54, 1.807) is 0 Å². The highest BCUT2D eigenvalue weighted by Gasteiger charge is 2.05. The number of benzene rings is 1. The summed E-state index contributed by atoms with van der Waals surface area (Å²) in [5, 5.41) is 3.48. The van der Waals surface area contributed by atoms with Gasteiger partial charge in [-0.15, -0.1) is 11.6 Å². The predicted molar refractivity (Wildman–Crippen MR) is 75.5 cm³/mol. The molecule has 1 nitrogen and oxygen atoms in total. The molecule has 1 atom stereocenters. The average Bonchev–Trinajstić information content (AvgIpc) is 2.34. The summed E-state index contributed by atoms with van der Waals surface area (Å²) in [5.74, 6) is 2.45. The molecule has 1 aromatic carbocycles. The molecule has 0 aliphatic rings. The minimum absolute atomic E-state index is 0.0834. The van der Waals surface area contributed by atoms with Gasteiger partial charge in [0.15, 0.2) is 0 Å². The van der Waals surface area contributed by atoms with Crippen molar-refractivity contribution in [1.29, 1.82) is 0 Å². The van der Waals surface area contributed by atoms with Crippen LogP contribution in [0.3, 0.4) is 0 Å². The van der Waals surface area contributed by atoms with Gasteiger partial charge < -0.3 is 5.32 Å². The molecular formula is C13H20ClNS. The lowest BCUT2D eigenvalue weighted by Gasteiger charge is -2.10. The molecule has 1 rings (SSSR count). The van der Waals surface area contributed by atoms with Gasteiger partial charge in [0.1, 0.15) is 0 Å². The summed E-state index contributed by atoms with van der Waals surface area (Å²) in [7, 11) is 0. The second-order valence-corrected chi connectivity index (χ2v) is 5.55. The smallest absolute Gasteiger partial charge is 0.0709 e. The summed E-state index contributed by atoms with van der Waals surface area (Å²) in [6.45, 7) is 4.10. The van der Waals surface area contributed by atoms with Gasteiger partial charge in [-0.1, -0.05) is 37.3 Å². The molecule has 3 heteroatoms. The number of hydrogen-bond acceptors (Lipinski definition) is 2. The van der Waals surface area contributed by atoms with E-state index in [4.69, 9.17) is 11.6 Å². The minimum Gasteiger partial charge on any atom is -0.315 e. The first-order valence-electron chi connectivity index (χ1n) is 5.82. The van der Waals surface area contributed by atoms with Crippen molar-refractivity contribution in [3.05, 3.63) is 35.9 Å². The molecule has 1 aromatic rings. The van der Waals surface area contributed by atoms with Crippen molar-refractivity contribution in [2.24, 2.45) is 0 Å². The zero-order valence-corrected chi connectivity index (χ0v) is 11.4. The van der Waals surface area contributed by atoms with E-state index in [9.17, 15) is 0 Å². The highest BCUT2D eigenvalue weighted by molar-refractivity contribution is 7.99. The van der Waals surface area contributed by atoms with E-state index in [0.717, 1.165) is 13.1 Å². The lowest BCUT2D eigenvalue weighted by molar-refractivity contribution is 0.664. The number of nitrogens with one attached hydrogen (secondary N) is 1. The molecule has 0 aromatic heterocycles. The summed E-state index contributed by atoms with van der Waals surface area (Å²) in [6.07, 6.45) is 1.22. The van der Waals surface area contributed by atoms with Crippen molar-refractivity contribution in [1.82, 2.24) is 5.32 Å². The molecule has 0 radical (unpaired) electrons. The molecule has 16 heavy (non-hydrogen) atoms. The zero-order chi connectivity index (χ0) is 11.6. The van der Waals surface area contributed by atoms with Crippen LogP contribution in [0.4, 0.5) is 0 Å². The van der Waals surface area contributed by atoms with Crippen LogP contribution in [0.2, 0.25) is 0 Å². The van der Waals surface area contributed by atoms with Crippen molar-refractivity contribution in [3.8, 4) is 0 Å². The van der Waals surface area contributed by atoms with Crippen LogP contribution in [0.25, 0.3) is 0 Å². The largest absolute Gasteiger partial charge is 0.315 e. The fraction of sp³-hybridized carbons (Fsp3) is 0.538. The fourth-order valence-corrected chi connectivity index (χ4v) is 2.34. The van der Waals surface area contributed by atoms with E-state index in [1.165, 1.54) is 23.5 Å². The summed E-state index contributed by atoms with van der Waals surface area (Å²) in [5.41, 5.74) is 1.19. The van der Waals surface area contributed by atoms with Crippen LogP contribution in [-0.4, -0.2) is 24.6 Å². The van der Waals surface area contributed by atoms with Crippen LogP contribution in [0.15, 0.2) is 30.3 Å². The summed E-state index contributed by atoms with van der Waals surface area (Å²) in [6, 6.07) is 10.2. The van der Waals surface area contributed by atoms with Gasteiger partial charge in [-0.25, -0.2) is 0 Å².